The molecule has 7 heteroatoms. The van der Waals surface area contributed by atoms with E-state index < -0.39 is 0 Å². The van der Waals surface area contributed by atoms with Crippen LogP contribution < -0.4 is 10.4 Å². The standard InChI is InChI=1S/C19H14FN5S/c20-14-3-1-2-13(10-14)15-6-7-18(21)25(24-15)19(22)9-12-4-5-16-17(8-12)26-11-23-16/h1-8,10-11,21-22H,9H2/p+1. The summed E-state index contributed by atoms with van der Waals surface area (Å²) in [4.78, 5) is 4.26. The molecule has 4 rings (SSSR count). The molecule has 0 radical (unpaired) electrons. The molecule has 0 spiro atoms. The number of nitrogens with one attached hydrogen (secondary N) is 1. The number of thiazole rings is 1. The Labute approximate surface area is 153 Å². The number of fused-ring (bicyclic) bond motifs is 1. The molecule has 0 fully saturated rings. The van der Waals surface area contributed by atoms with Crippen LogP contribution in [0.1, 0.15) is 5.56 Å². The second kappa shape index (κ2) is 6.61. The van der Waals surface area contributed by atoms with Gasteiger partial charge >= 0.3 is 0 Å². The quantitative estimate of drug-likeness (QED) is 0.332. The van der Waals surface area contributed by atoms with Crippen LogP contribution in [-0.4, -0.2) is 15.9 Å². The van der Waals surface area contributed by atoms with Crippen LogP contribution in [0.3, 0.4) is 0 Å². The molecule has 0 unspecified atom stereocenters. The molecule has 5 nitrogen and oxygen atoms in total. The van der Waals surface area contributed by atoms with Crippen molar-refractivity contribution in [3.05, 3.63) is 71.5 Å². The van der Waals surface area contributed by atoms with Crippen LogP contribution in [0, 0.1) is 11.2 Å². The Morgan fingerprint density at radius 2 is 2.04 bits per heavy atom. The van der Waals surface area contributed by atoms with Crippen molar-refractivity contribution in [3.8, 4) is 11.3 Å². The first kappa shape index (κ1) is 16.3. The summed E-state index contributed by atoms with van der Waals surface area (Å²) in [6.45, 7) is 0. The molecule has 0 aliphatic rings. The first-order valence-electron chi connectivity index (χ1n) is 7.95. The second-order valence-electron chi connectivity index (χ2n) is 5.84. The minimum absolute atomic E-state index is 0.240. The van der Waals surface area contributed by atoms with Gasteiger partial charge in [0, 0.05) is 11.6 Å². The Balaban J connectivity index is 1.65. The normalized spacial score (nSPS) is 11.0. The van der Waals surface area contributed by atoms with Gasteiger partial charge in [0.15, 0.2) is 0 Å². The van der Waals surface area contributed by atoms with Gasteiger partial charge in [0.2, 0.25) is 5.82 Å². The van der Waals surface area contributed by atoms with Gasteiger partial charge in [0.05, 0.1) is 22.1 Å². The van der Waals surface area contributed by atoms with E-state index in [1.807, 2.05) is 18.2 Å². The molecule has 26 heavy (non-hydrogen) atoms. The van der Waals surface area contributed by atoms with Crippen molar-refractivity contribution in [1.29, 1.82) is 5.41 Å². The summed E-state index contributed by atoms with van der Waals surface area (Å²) < 4.78 is 15.9. The van der Waals surface area contributed by atoms with Gasteiger partial charge in [-0.3, -0.25) is 0 Å². The van der Waals surface area contributed by atoms with Crippen LogP contribution in [-0.2, 0) is 6.42 Å². The zero-order valence-electron chi connectivity index (χ0n) is 13.7. The maximum absolute atomic E-state index is 13.5. The minimum atomic E-state index is -0.333. The molecular formula is C19H15FN5S+. The zero-order valence-corrected chi connectivity index (χ0v) is 14.5. The van der Waals surface area contributed by atoms with Crippen molar-refractivity contribution in [2.45, 2.75) is 6.42 Å². The van der Waals surface area contributed by atoms with Gasteiger partial charge in [0.1, 0.15) is 11.5 Å². The maximum atomic E-state index is 13.5. The smallest absolute Gasteiger partial charge is 0.258 e. The number of halogens is 1. The molecule has 2 aromatic carbocycles. The van der Waals surface area contributed by atoms with Crippen LogP contribution >= 0.6 is 11.3 Å². The minimum Gasteiger partial charge on any atom is -0.317 e. The summed E-state index contributed by atoms with van der Waals surface area (Å²) in [5.74, 6) is 0.263. The van der Waals surface area contributed by atoms with Gasteiger partial charge in [-0.15, -0.1) is 21.1 Å². The van der Waals surface area contributed by atoms with Crippen LogP contribution in [0.5, 0.6) is 0 Å². The van der Waals surface area contributed by atoms with Crippen LogP contribution in [0.15, 0.2) is 60.1 Å². The van der Waals surface area contributed by atoms with Crippen molar-refractivity contribution >= 4 is 33.2 Å². The van der Waals surface area contributed by atoms with Crippen molar-refractivity contribution < 1.29 is 9.07 Å². The Kier molecular flexibility index (Phi) is 4.14. The lowest BCUT2D eigenvalue weighted by atomic mass is 10.1. The summed E-state index contributed by atoms with van der Waals surface area (Å²) >= 11 is 1.56. The summed E-state index contributed by atoms with van der Waals surface area (Å²) in [6, 6.07) is 15.5. The van der Waals surface area contributed by atoms with E-state index in [0.717, 1.165) is 15.8 Å². The summed E-state index contributed by atoms with van der Waals surface area (Å²) in [5, 5.41) is 12.8. The molecule has 4 aromatic rings. The van der Waals surface area contributed by atoms with Gasteiger partial charge in [-0.1, -0.05) is 18.2 Å². The summed E-state index contributed by atoms with van der Waals surface area (Å²) in [7, 11) is 0. The van der Waals surface area contributed by atoms with Gasteiger partial charge in [-0.2, -0.15) is 5.41 Å². The number of nitrogens with two attached hydrogens (primary N) is 1. The highest BCUT2D eigenvalue weighted by molar-refractivity contribution is 7.16. The Morgan fingerprint density at radius 3 is 2.88 bits per heavy atom. The Bertz CT molecular complexity index is 1120. The van der Waals surface area contributed by atoms with Crippen LogP contribution in [0.25, 0.3) is 21.5 Å². The Morgan fingerprint density at radius 1 is 1.15 bits per heavy atom. The molecule has 0 saturated carbocycles. The fourth-order valence-electron chi connectivity index (χ4n) is 2.73. The van der Waals surface area contributed by atoms with Crippen molar-refractivity contribution in [1.82, 2.24) is 10.1 Å². The largest absolute Gasteiger partial charge is 0.317 e. The van der Waals surface area contributed by atoms with Gasteiger partial charge < -0.3 is 5.73 Å². The van der Waals surface area contributed by atoms with Crippen molar-refractivity contribution in [3.63, 3.8) is 0 Å². The fraction of sp³-hybridized carbons (Fsp3) is 0.0526. The summed E-state index contributed by atoms with van der Waals surface area (Å²) in [5.41, 5.74) is 10.9. The number of hydrogen-bond donors (Lipinski definition) is 2. The van der Waals surface area contributed by atoms with Crippen molar-refractivity contribution in [2.75, 3.05) is 5.73 Å². The molecule has 0 aliphatic carbocycles. The first-order valence-corrected chi connectivity index (χ1v) is 8.83. The maximum Gasteiger partial charge on any atom is 0.258 e. The molecule has 0 amide bonds. The number of benzene rings is 2. The highest BCUT2D eigenvalue weighted by Gasteiger charge is 2.16. The third-order valence-electron chi connectivity index (χ3n) is 4.01. The number of aromatic nitrogens is 3. The monoisotopic (exact) mass is 364 g/mol. The molecule has 0 atom stereocenters. The molecule has 3 N–H and O–H groups in total. The molecule has 2 aromatic heterocycles. The van der Waals surface area contributed by atoms with E-state index in [0.29, 0.717) is 23.5 Å². The lowest BCUT2D eigenvalue weighted by molar-refractivity contribution is -0.608. The number of rotatable bonds is 3. The SMILES string of the molecule is N=C(Cc1ccc2ncsc2c1)[n+]1nc(-c2cccc(F)c2)ccc1N. The lowest BCUT2D eigenvalue weighted by Crippen LogP contribution is -2.49. The highest BCUT2D eigenvalue weighted by Crippen LogP contribution is 2.20. The Hall–Kier alpha value is -3.19. The molecule has 0 bridgehead atoms. The third kappa shape index (κ3) is 3.16. The molecule has 2 heterocycles. The van der Waals surface area contributed by atoms with E-state index in [1.54, 1.807) is 41.1 Å². The average molecular weight is 364 g/mol. The molecule has 128 valence electrons. The van der Waals surface area contributed by atoms with Crippen LogP contribution in [0.4, 0.5) is 10.2 Å². The number of anilines is 1. The number of hydrogen-bond acceptors (Lipinski definition) is 5. The van der Waals surface area contributed by atoms with Gasteiger partial charge in [-0.25, -0.2) is 9.37 Å². The van der Waals surface area contributed by atoms with E-state index in [4.69, 9.17) is 11.1 Å². The van der Waals surface area contributed by atoms with E-state index >= 15 is 0 Å². The summed E-state index contributed by atoms with van der Waals surface area (Å²) in [6.07, 6.45) is 0.377. The second-order valence-corrected chi connectivity index (χ2v) is 6.73. The first-order chi connectivity index (χ1) is 12.6. The van der Waals surface area contributed by atoms with Gasteiger partial charge in [-0.05, 0) is 35.9 Å². The molecule has 0 aliphatic heterocycles. The van der Waals surface area contributed by atoms with Gasteiger partial charge in [0.25, 0.3) is 5.84 Å². The molecular weight excluding hydrogens is 349 g/mol. The number of nitrogen functional groups attached to an aromatic ring is 1. The lowest BCUT2D eigenvalue weighted by Gasteiger charge is -2.07. The van der Waals surface area contributed by atoms with E-state index in [2.05, 4.69) is 10.1 Å². The predicted molar refractivity (Wildman–Crippen MR) is 101 cm³/mol. The number of nitrogens with zero attached hydrogens (tertiary/aromatic N) is 3. The molecule has 0 saturated heterocycles. The highest BCUT2D eigenvalue weighted by atomic mass is 32.1. The zero-order chi connectivity index (χ0) is 18.1. The predicted octanol–water partition coefficient (Wildman–Crippen LogP) is 3.44. The van der Waals surface area contributed by atoms with Crippen LogP contribution in [0.2, 0.25) is 0 Å². The third-order valence-corrected chi connectivity index (χ3v) is 4.80. The fourth-order valence-corrected chi connectivity index (χ4v) is 3.47. The van der Waals surface area contributed by atoms with E-state index in [-0.39, 0.29) is 11.7 Å². The van der Waals surface area contributed by atoms with E-state index in [9.17, 15) is 4.39 Å². The topological polar surface area (TPSA) is 79.5 Å². The van der Waals surface area contributed by atoms with E-state index in [1.165, 1.54) is 16.8 Å². The van der Waals surface area contributed by atoms with Crippen molar-refractivity contribution in [2.24, 2.45) is 0 Å². The average Bonchev–Trinajstić information content (AvgIpc) is 3.10.